The molecule has 3 aromatic heterocycles. The number of hydrogen-bond acceptors (Lipinski definition) is 6. The van der Waals surface area contributed by atoms with E-state index in [1.54, 1.807) is 7.11 Å². The van der Waals surface area contributed by atoms with E-state index in [1.807, 2.05) is 76.6 Å². The molecule has 4 aromatic rings. The summed E-state index contributed by atoms with van der Waals surface area (Å²) in [5.74, 6) is 3.21. The van der Waals surface area contributed by atoms with Gasteiger partial charge >= 0.3 is 0 Å². The minimum Gasteiger partial charge on any atom is -0.495 e. The normalized spacial score (nSPS) is 9.84. The Hall–Kier alpha value is -3.68. The van der Waals surface area contributed by atoms with E-state index in [0.717, 1.165) is 46.3 Å². The smallest absolute Gasteiger partial charge is 0.170 e. The summed E-state index contributed by atoms with van der Waals surface area (Å²) in [5, 5.41) is 8.56. The quantitative estimate of drug-likeness (QED) is 0.285. The van der Waals surface area contributed by atoms with Crippen LogP contribution in [-0.4, -0.2) is 36.8 Å². The number of para-hydroxylation sites is 1. The van der Waals surface area contributed by atoms with Crippen molar-refractivity contribution in [3.8, 4) is 22.8 Å². The van der Waals surface area contributed by atoms with Crippen molar-refractivity contribution in [2.45, 2.75) is 68.7 Å². The van der Waals surface area contributed by atoms with Gasteiger partial charge in [-0.1, -0.05) is 53.7 Å². The number of methoxy groups -OCH3 is 1. The second kappa shape index (κ2) is 16.1. The minimum atomic E-state index is -0.377. The van der Waals surface area contributed by atoms with Crippen LogP contribution >= 0.6 is 0 Å². The van der Waals surface area contributed by atoms with Gasteiger partial charge in [-0.25, -0.2) is 14.4 Å². The molecular formula is C29H41FN6O. The summed E-state index contributed by atoms with van der Waals surface area (Å²) in [4.78, 5) is 12.0. The SMILES string of the molecule is CC.CC.CC(C)Cc1ncc(F)cn1.COc1cccc(C)c1-n1c(C)nnc1-c1ccc(C)nc1. The first kappa shape index (κ1) is 31.4. The van der Waals surface area contributed by atoms with Crippen molar-refractivity contribution in [3.63, 3.8) is 0 Å². The molecule has 200 valence electrons. The van der Waals surface area contributed by atoms with Crippen LogP contribution in [0.25, 0.3) is 17.1 Å². The molecule has 0 aliphatic carbocycles. The fourth-order valence-electron chi connectivity index (χ4n) is 3.31. The third-order valence-electron chi connectivity index (χ3n) is 4.90. The molecule has 7 nitrogen and oxygen atoms in total. The van der Waals surface area contributed by atoms with Crippen LogP contribution in [0.1, 0.15) is 64.4 Å². The van der Waals surface area contributed by atoms with Crippen LogP contribution in [0.5, 0.6) is 5.75 Å². The predicted molar refractivity (Wildman–Crippen MR) is 149 cm³/mol. The van der Waals surface area contributed by atoms with Crippen molar-refractivity contribution in [1.82, 2.24) is 29.7 Å². The first-order valence-electron chi connectivity index (χ1n) is 12.8. The van der Waals surface area contributed by atoms with Crippen LogP contribution in [0.3, 0.4) is 0 Å². The molecule has 3 heterocycles. The van der Waals surface area contributed by atoms with Crippen molar-refractivity contribution < 1.29 is 9.13 Å². The Kier molecular flexibility index (Phi) is 13.7. The van der Waals surface area contributed by atoms with Crippen molar-refractivity contribution in [3.05, 3.63) is 77.6 Å². The number of rotatable bonds is 5. The zero-order chi connectivity index (χ0) is 28.0. The zero-order valence-corrected chi connectivity index (χ0v) is 23.9. The molecule has 1 aromatic carbocycles. The maximum atomic E-state index is 12.3. The maximum Gasteiger partial charge on any atom is 0.170 e. The summed E-state index contributed by atoms with van der Waals surface area (Å²) >= 11 is 0. The first-order chi connectivity index (χ1) is 17.8. The van der Waals surface area contributed by atoms with Gasteiger partial charge in [0.2, 0.25) is 0 Å². The van der Waals surface area contributed by atoms with Crippen molar-refractivity contribution in [2.75, 3.05) is 7.11 Å². The van der Waals surface area contributed by atoms with E-state index in [2.05, 4.69) is 52.0 Å². The Morgan fingerprint density at radius 2 is 1.51 bits per heavy atom. The highest BCUT2D eigenvalue weighted by Gasteiger charge is 2.18. The van der Waals surface area contributed by atoms with Crippen LogP contribution in [0.2, 0.25) is 0 Å². The standard InChI is InChI=1S/C17H18N4O.C8H11FN2.2C2H6/c1-11-6-5-7-15(22-4)16(11)21-13(3)19-20-17(21)14-9-8-12(2)18-10-14;1-6(2)3-8-10-4-7(9)5-11-8;2*1-2/h5-10H,1-4H3;4-6H,3H2,1-2H3;2*1-2H3. The van der Waals surface area contributed by atoms with E-state index >= 15 is 0 Å². The Morgan fingerprint density at radius 1 is 0.865 bits per heavy atom. The highest BCUT2D eigenvalue weighted by atomic mass is 19.1. The lowest BCUT2D eigenvalue weighted by Crippen LogP contribution is -2.05. The summed E-state index contributed by atoms with van der Waals surface area (Å²) in [5.41, 5.74) is 3.96. The van der Waals surface area contributed by atoms with Crippen LogP contribution in [0.4, 0.5) is 4.39 Å². The number of aromatic nitrogens is 6. The van der Waals surface area contributed by atoms with E-state index in [9.17, 15) is 4.39 Å². The Bertz CT molecular complexity index is 1190. The molecule has 0 aliphatic rings. The molecule has 0 aliphatic heterocycles. The fourth-order valence-corrected chi connectivity index (χ4v) is 3.31. The van der Waals surface area contributed by atoms with Gasteiger partial charge in [0, 0.05) is 23.9 Å². The molecule has 0 fully saturated rings. The van der Waals surface area contributed by atoms with E-state index in [-0.39, 0.29) is 5.82 Å². The van der Waals surface area contributed by atoms with Gasteiger partial charge in [-0.3, -0.25) is 9.55 Å². The topological polar surface area (TPSA) is 78.6 Å². The average Bonchev–Trinajstić information content (AvgIpc) is 3.29. The van der Waals surface area contributed by atoms with Crippen LogP contribution in [0.15, 0.2) is 48.9 Å². The molecule has 0 saturated carbocycles. The van der Waals surface area contributed by atoms with Crippen molar-refractivity contribution in [2.24, 2.45) is 5.92 Å². The third kappa shape index (κ3) is 9.04. The summed E-state index contributed by atoms with van der Waals surface area (Å²) in [6.45, 7) is 18.1. The van der Waals surface area contributed by atoms with Gasteiger partial charge in [0.15, 0.2) is 11.6 Å². The third-order valence-corrected chi connectivity index (χ3v) is 4.90. The summed E-state index contributed by atoms with van der Waals surface area (Å²) in [6.07, 6.45) is 5.02. The molecule has 37 heavy (non-hydrogen) atoms. The maximum absolute atomic E-state index is 12.3. The second-order valence-electron chi connectivity index (χ2n) is 8.14. The fraction of sp³-hybridized carbons (Fsp3) is 0.414. The molecule has 0 N–H and O–H groups in total. The van der Waals surface area contributed by atoms with Gasteiger partial charge in [-0.05, 0) is 50.5 Å². The lowest BCUT2D eigenvalue weighted by Gasteiger charge is -2.15. The van der Waals surface area contributed by atoms with Crippen molar-refractivity contribution in [1.29, 1.82) is 0 Å². The van der Waals surface area contributed by atoms with Gasteiger partial charge in [-0.2, -0.15) is 0 Å². The number of benzene rings is 1. The van der Waals surface area contributed by atoms with Gasteiger partial charge in [0.25, 0.3) is 0 Å². The molecule has 8 heteroatoms. The molecule has 0 unspecified atom stereocenters. The number of pyridine rings is 1. The number of hydrogen-bond donors (Lipinski definition) is 0. The van der Waals surface area contributed by atoms with E-state index in [0.29, 0.717) is 11.7 Å². The summed E-state index contributed by atoms with van der Waals surface area (Å²) < 4.78 is 19.8. The largest absolute Gasteiger partial charge is 0.495 e. The van der Waals surface area contributed by atoms with Crippen molar-refractivity contribution >= 4 is 0 Å². The lowest BCUT2D eigenvalue weighted by atomic mass is 10.1. The van der Waals surface area contributed by atoms with Gasteiger partial charge in [0.05, 0.1) is 25.2 Å². The zero-order valence-electron chi connectivity index (χ0n) is 23.9. The lowest BCUT2D eigenvalue weighted by molar-refractivity contribution is 0.412. The Morgan fingerprint density at radius 3 is 2.05 bits per heavy atom. The molecule has 4 rings (SSSR count). The second-order valence-corrected chi connectivity index (χ2v) is 8.14. The summed E-state index contributed by atoms with van der Waals surface area (Å²) in [6, 6.07) is 9.95. The Balaban J connectivity index is 0.000000385. The van der Waals surface area contributed by atoms with Gasteiger partial charge in [-0.15, -0.1) is 10.2 Å². The van der Waals surface area contributed by atoms with Crippen LogP contribution in [-0.2, 0) is 6.42 Å². The average molecular weight is 509 g/mol. The molecular weight excluding hydrogens is 467 g/mol. The van der Waals surface area contributed by atoms with E-state index < -0.39 is 0 Å². The number of ether oxygens (including phenoxy) is 1. The highest BCUT2D eigenvalue weighted by Crippen LogP contribution is 2.31. The minimum absolute atomic E-state index is 0.377. The van der Waals surface area contributed by atoms with Gasteiger partial charge in [0.1, 0.15) is 17.4 Å². The highest BCUT2D eigenvalue weighted by molar-refractivity contribution is 5.62. The first-order valence-corrected chi connectivity index (χ1v) is 12.8. The molecule has 0 bridgehead atoms. The number of nitrogens with zero attached hydrogens (tertiary/aromatic N) is 6. The van der Waals surface area contributed by atoms with Crippen LogP contribution in [0, 0.1) is 32.5 Å². The monoisotopic (exact) mass is 508 g/mol. The molecule has 0 atom stereocenters. The molecule has 0 radical (unpaired) electrons. The van der Waals surface area contributed by atoms with Gasteiger partial charge < -0.3 is 4.74 Å². The van der Waals surface area contributed by atoms with E-state index in [4.69, 9.17) is 4.74 Å². The number of aryl methyl sites for hydroxylation is 3. The predicted octanol–water partition coefficient (Wildman–Crippen LogP) is 7.13. The molecule has 0 spiro atoms. The van der Waals surface area contributed by atoms with Crippen LogP contribution < -0.4 is 4.74 Å². The Labute approximate surface area is 221 Å². The number of halogens is 1. The molecule has 0 amide bonds. The van der Waals surface area contributed by atoms with E-state index in [1.165, 1.54) is 12.4 Å². The molecule has 0 saturated heterocycles. The summed E-state index contributed by atoms with van der Waals surface area (Å²) in [7, 11) is 1.67.